The Morgan fingerprint density at radius 2 is 2.33 bits per heavy atom. The second-order valence-electron chi connectivity index (χ2n) is 3.91. The summed E-state index contributed by atoms with van der Waals surface area (Å²) in [5, 5.41) is 3.35. The van der Waals surface area contributed by atoms with Gasteiger partial charge in [0.2, 0.25) is 5.91 Å². The molecule has 1 aliphatic heterocycles. The molecular weight excluding hydrogens is 152 g/mol. The van der Waals surface area contributed by atoms with Crippen molar-refractivity contribution < 1.29 is 4.79 Å². The maximum atomic E-state index is 11.1. The van der Waals surface area contributed by atoms with Gasteiger partial charge in [-0.05, 0) is 5.92 Å². The van der Waals surface area contributed by atoms with Crippen LogP contribution in [-0.2, 0) is 4.79 Å². The lowest BCUT2D eigenvalue weighted by molar-refractivity contribution is -0.126. The van der Waals surface area contributed by atoms with Gasteiger partial charge in [-0.1, -0.05) is 13.8 Å². The van der Waals surface area contributed by atoms with Crippen molar-refractivity contribution in [1.82, 2.24) is 10.2 Å². The first-order valence-corrected chi connectivity index (χ1v) is 4.57. The molecule has 1 atom stereocenters. The van der Waals surface area contributed by atoms with E-state index in [2.05, 4.69) is 19.2 Å². The summed E-state index contributed by atoms with van der Waals surface area (Å²) >= 11 is 0. The van der Waals surface area contributed by atoms with E-state index in [1.54, 1.807) is 0 Å². The fourth-order valence-electron chi connectivity index (χ4n) is 1.50. The molecule has 3 heteroatoms. The largest absolute Gasteiger partial charge is 0.345 e. The first-order valence-electron chi connectivity index (χ1n) is 4.57. The van der Waals surface area contributed by atoms with E-state index in [-0.39, 0.29) is 5.91 Å². The molecule has 3 nitrogen and oxygen atoms in total. The predicted octanol–water partition coefficient (Wildman–Crippen LogP) is 0.463. The second kappa shape index (κ2) is 3.90. The van der Waals surface area contributed by atoms with Crippen molar-refractivity contribution in [2.75, 3.05) is 20.1 Å². The van der Waals surface area contributed by atoms with E-state index in [4.69, 9.17) is 0 Å². The molecule has 0 saturated carbocycles. The molecule has 1 saturated heterocycles. The highest BCUT2D eigenvalue weighted by Crippen LogP contribution is 2.14. The molecule has 1 aliphatic rings. The lowest BCUT2D eigenvalue weighted by Crippen LogP contribution is -2.30. The molecule has 12 heavy (non-hydrogen) atoms. The van der Waals surface area contributed by atoms with Crippen molar-refractivity contribution in [2.45, 2.75) is 26.3 Å². The highest BCUT2D eigenvalue weighted by Gasteiger charge is 2.26. The SMILES string of the molecule is CC(C)NCC1CC(=O)N(C)C1. The zero-order valence-corrected chi connectivity index (χ0v) is 8.13. The van der Waals surface area contributed by atoms with Gasteiger partial charge in [0.05, 0.1) is 0 Å². The lowest BCUT2D eigenvalue weighted by Gasteiger charge is -2.13. The average molecular weight is 170 g/mol. The average Bonchev–Trinajstić information content (AvgIpc) is 2.28. The molecular formula is C9H18N2O. The van der Waals surface area contributed by atoms with Crippen LogP contribution >= 0.6 is 0 Å². The Kier molecular flexibility index (Phi) is 3.09. The molecule has 0 aromatic heterocycles. The third-order valence-corrected chi connectivity index (χ3v) is 2.24. The molecule has 1 rings (SSSR count). The van der Waals surface area contributed by atoms with Crippen LogP contribution in [0.15, 0.2) is 0 Å². The summed E-state index contributed by atoms with van der Waals surface area (Å²) in [5.74, 6) is 0.801. The number of nitrogens with one attached hydrogen (secondary N) is 1. The minimum atomic E-state index is 0.283. The summed E-state index contributed by atoms with van der Waals surface area (Å²) in [4.78, 5) is 12.9. The van der Waals surface area contributed by atoms with Gasteiger partial charge in [-0.2, -0.15) is 0 Å². The Bertz CT molecular complexity index is 168. The van der Waals surface area contributed by atoms with Gasteiger partial charge in [-0.25, -0.2) is 0 Å². The third kappa shape index (κ3) is 2.48. The van der Waals surface area contributed by atoms with E-state index in [0.29, 0.717) is 12.0 Å². The Morgan fingerprint density at radius 3 is 2.75 bits per heavy atom. The highest BCUT2D eigenvalue weighted by molar-refractivity contribution is 5.78. The Labute approximate surface area is 74.1 Å². The molecule has 1 fully saturated rings. The van der Waals surface area contributed by atoms with Gasteiger partial charge in [0, 0.05) is 32.6 Å². The van der Waals surface area contributed by atoms with E-state index in [1.165, 1.54) is 0 Å². The number of carbonyl (C=O) groups is 1. The molecule has 0 bridgehead atoms. The van der Waals surface area contributed by atoms with E-state index in [9.17, 15) is 4.79 Å². The van der Waals surface area contributed by atoms with Crippen LogP contribution in [0.2, 0.25) is 0 Å². The van der Waals surface area contributed by atoms with Gasteiger partial charge in [0.25, 0.3) is 0 Å². The molecule has 1 unspecified atom stereocenters. The fourth-order valence-corrected chi connectivity index (χ4v) is 1.50. The minimum Gasteiger partial charge on any atom is -0.345 e. The smallest absolute Gasteiger partial charge is 0.222 e. The summed E-state index contributed by atoms with van der Waals surface area (Å²) in [6, 6.07) is 0.519. The van der Waals surface area contributed by atoms with Crippen molar-refractivity contribution in [3.8, 4) is 0 Å². The number of amides is 1. The quantitative estimate of drug-likeness (QED) is 0.667. The normalized spacial score (nSPS) is 24.2. The second-order valence-corrected chi connectivity index (χ2v) is 3.91. The van der Waals surface area contributed by atoms with Gasteiger partial charge in [-0.15, -0.1) is 0 Å². The zero-order valence-electron chi connectivity index (χ0n) is 8.13. The first-order chi connectivity index (χ1) is 5.59. The standard InChI is InChI=1S/C9H18N2O/c1-7(2)10-5-8-4-9(12)11(3)6-8/h7-8,10H,4-6H2,1-3H3. The minimum absolute atomic E-state index is 0.283. The van der Waals surface area contributed by atoms with Crippen LogP contribution in [0.25, 0.3) is 0 Å². The van der Waals surface area contributed by atoms with E-state index in [0.717, 1.165) is 19.5 Å². The highest BCUT2D eigenvalue weighted by atomic mass is 16.2. The van der Waals surface area contributed by atoms with Crippen LogP contribution in [0.4, 0.5) is 0 Å². The Balaban J connectivity index is 2.23. The number of likely N-dealkylation sites (tertiary alicyclic amines) is 1. The maximum Gasteiger partial charge on any atom is 0.222 e. The molecule has 0 spiro atoms. The third-order valence-electron chi connectivity index (χ3n) is 2.24. The van der Waals surface area contributed by atoms with E-state index >= 15 is 0 Å². The van der Waals surface area contributed by atoms with Crippen LogP contribution in [0, 0.1) is 5.92 Å². The van der Waals surface area contributed by atoms with Crippen LogP contribution in [0.3, 0.4) is 0 Å². The molecule has 0 aromatic rings. The van der Waals surface area contributed by atoms with Crippen molar-refractivity contribution in [2.24, 2.45) is 5.92 Å². The lowest BCUT2D eigenvalue weighted by atomic mass is 10.1. The maximum absolute atomic E-state index is 11.1. The molecule has 1 amide bonds. The zero-order chi connectivity index (χ0) is 9.14. The molecule has 0 aliphatic carbocycles. The van der Waals surface area contributed by atoms with E-state index < -0.39 is 0 Å². The number of carbonyl (C=O) groups excluding carboxylic acids is 1. The van der Waals surface area contributed by atoms with Crippen LogP contribution < -0.4 is 5.32 Å². The van der Waals surface area contributed by atoms with Crippen molar-refractivity contribution in [1.29, 1.82) is 0 Å². The Hall–Kier alpha value is -0.570. The van der Waals surface area contributed by atoms with Gasteiger partial charge < -0.3 is 10.2 Å². The van der Waals surface area contributed by atoms with Gasteiger partial charge in [0.15, 0.2) is 0 Å². The van der Waals surface area contributed by atoms with Gasteiger partial charge in [0.1, 0.15) is 0 Å². The van der Waals surface area contributed by atoms with Crippen LogP contribution in [-0.4, -0.2) is 37.0 Å². The van der Waals surface area contributed by atoms with Crippen molar-refractivity contribution in [3.63, 3.8) is 0 Å². The van der Waals surface area contributed by atoms with Gasteiger partial charge >= 0.3 is 0 Å². The number of hydrogen-bond acceptors (Lipinski definition) is 2. The molecule has 1 N–H and O–H groups in total. The van der Waals surface area contributed by atoms with Crippen molar-refractivity contribution >= 4 is 5.91 Å². The molecule has 0 radical (unpaired) electrons. The number of rotatable bonds is 3. The molecule has 1 heterocycles. The molecule has 70 valence electrons. The molecule has 0 aromatic carbocycles. The summed E-state index contributed by atoms with van der Waals surface area (Å²) in [5.41, 5.74) is 0. The number of hydrogen-bond donors (Lipinski definition) is 1. The number of nitrogens with zero attached hydrogens (tertiary/aromatic N) is 1. The fraction of sp³-hybridized carbons (Fsp3) is 0.889. The topological polar surface area (TPSA) is 32.3 Å². The van der Waals surface area contributed by atoms with Crippen LogP contribution in [0.1, 0.15) is 20.3 Å². The summed E-state index contributed by atoms with van der Waals surface area (Å²) in [7, 11) is 1.87. The van der Waals surface area contributed by atoms with Crippen LogP contribution in [0.5, 0.6) is 0 Å². The monoisotopic (exact) mass is 170 g/mol. The van der Waals surface area contributed by atoms with Gasteiger partial charge in [-0.3, -0.25) is 4.79 Å². The van der Waals surface area contributed by atoms with Crippen molar-refractivity contribution in [3.05, 3.63) is 0 Å². The summed E-state index contributed by atoms with van der Waals surface area (Å²) < 4.78 is 0. The summed E-state index contributed by atoms with van der Waals surface area (Å²) in [6.45, 7) is 6.13. The summed E-state index contributed by atoms with van der Waals surface area (Å²) in [6.07, 6.45) is 0.718. The first kappa shape index (κ1) is 9.52. The predicted molar refractivity (Wildman–Crippen MR) is 48.9 cm³/mol. The Morgan fingerprint density at radius 1 is 1.67 bits per heavy atom. The van der Waals surface area contributed by atoms with E-state index in [1.807, 2.05) is 11.9 Å².